The number of unbranched alkanes of at least 4 members (excludes halogenated alkanes) is 1. The maximum Gasteiger partial charge on any atom is 0.312 e. The molecule has 0 aliphatic carbocycles. The Labute approximate surface area is 115 Å². The topological polar surface area (TPSA) is 81.4 Å². The van der Waals surface area contributed by atoms with Gasteiger partial charge in [-0.2, -0.15) is 0 Å². The van der Waals surface area contributed by atoms with Crippen LogP contribution in [0.1, 0.15) is 32.1 Å². The largest absolute Gasteiger partial charge is 0.464 e. The highest BCUT2D eigenvalue weighted by Crippen LogP contribution is 2.39. The van der Waals surface area contributed by atoms with Crippen LogP contribution < -0.4 is 11.1 Å². The number of rotatable bonds is 8. The highest BCUT2D eigenvalue weighted by Gasteiger charge is 2.15. The zero-order valence-corrected chi connectivity index (χ0v) is 12.0. The number of esters is 1. The fourth-order valence-corrected chi connectivity index (χ4v) is 4.64. The molecule has 1 saturated heterocycles. The number of carbonyl (C=O) groups excluding carboxylic acids is 2. The zero-order chi connectivity index (χ0) is 13.2. The molecule has 1 aliphatic heterocycles. The third kappa shape index (κ3) is 7.71. The summed E-state index contributed by atoms with van der Waals surface area (Å²) < 4.78 is 4.95. The Balaban J connectivity index is 1.88. The Morgan fingerprint density at radius 2 is 2.22 bits per heavy atom. The molecule has 0 saturated carbocycles. The van der Waals surface area contributed by atoms with Crippen molar-refractivity contribution in [3.05, 3.63) is 0 Å². The van der Waals surface area contributed by atoms with Crippen molar-refractivity contribution >= 4 is 33.6 Å². The number of nitrogens with two attached hydrogens (primary N) is 1. The highest BCUT2D eigenvalue weighted by atomic mass is 33.1. The van der Waals surface area contributed by atoms with Gasteiger partial charge in [-0.15, -0.1) is 0 Å². The van der Waals surface area contributed by atoms with Crippen LogP contribution in [0.25, 0.3) is 0 Å². The molecule has 0 radical (unpaired) electrons. The van der Waals surface area contributed by atoms with Crippen LogP contribution in [0.3, 0.4) is 0 Å². The average molecular weight is 292 g/mol. The number of urea groups is 1. The molecule has 0 unspecified atom stereocenters. The van der Waals surface area contributed by atoms with Gasteiger partial charge < -0.3 is 15.8 Å². The average Bonchev–Trinajstić information content (AvgIpc) is 2.83. The van der Waals surface area contributed by atoms with Crippen molar-refractivity contribution in [2.24, 2.45) is 5.73 Å². The van der Waals surface area contributed by atoms with E-state index in [4.69, 9.17) is 10.5 Å². The SMILES string of the molecule is NC(=O)NCCOC(=O)CCCC[C@@H]1CCSS1. The number of hydrogen-bond acceptors (Lipinski definition) is 5. The lowest BCUT2D eigenvalue weighted by Gasteiger charge is -2.07. The molecule has 1 atom stereocenters. The minimum Gasteiger partial charge on any atom is -0.464 e. The first-order valence-electron chi connectivity index (χ1n) is 6.15. The van der Waals surface area contributed by atoms with Crippen molar-refractivity contribution in [1.82, 2.24) is 5.32 Å². The normalized spacial score (nSPS) is 18.6. The molecule has 1 aliphatic rings. The number of ether oxygens (including phenoxy) is 1. The van der Waals surface area contributed by atoms with E-state index >= 15 is 0 Å². The molecule has 0 spiro atoms. The number of primary amides is 1. The van der Waals surface area contributed by atoms with Gasteiger partial charge >= 0.3 is 12.0 Å². The predicted molar refractivity (Wildman–Crippen MR) is 75.5 cm³/mol. The van der Waals surface area contributed by atoms with Crippen molar-refractivity contribution in [2.45, 2.75) is 37.4 Å². The van der Waals surface area contributed by atoms with Crippen LogP contribution in [0.5, 0.6) is 0 Å². The second-order valence-electron chi connectivity index (χ2n) is 4.09. The molecule has 104 valence electrons. The summed E-state index contributed by atoms with van der Waals surface area (Å²) in [4.78, 5) is 21.7. The van der Waals surface area contributed by atoms with Crippen LogP contribution in [0, 0.1) is 0 Å². The first-order valence-corrected chi connectivity index (χ1v) is 8.54. The van der Waals surface area contributed by atoms with Crippen molar-refractivity contribution < 1.29 is 14.3 Å². The molecule has 0 aromatic heterocycles. The fourth-order valence-electron chi connectivity index (χ4n) is 1.62. The van der Waals surface area contributed by atoms with Gasteiger partial charge in [-0.25, -0.2) is 4.79 Å². The first-order chi connectivity index (χ1) is 8.68. The summed E-state index contributed by atoms with van der Waals surface area (Å²) in [5.41, 5.74) is 4.87. The smallest absolute Gasteiger partial charge is 0.312 e. The molecule has 0 aromatic carbocycles. The molecule has 7 heteroatoms. The van der Waals surface area contributed by atoms with Gasteiger partial charge in [0.25, 0.3) is 0 Å². The molecule has 3 N–H and O–H groups in total. The van der Waals surface area contributed by atoms with Gasteiger partial charge in [0.1, 0.15) is 6.61 Å². The minimum atomic E-state index is -0.599. The summed E-state index contributed by atoms with van der Waals surface area (Å²) in [7, 11) is 3.91. The third-order valence-corrected chi connectivity index (χ3v) is 5.56. The van der Waals surface area contributed by atoms with Crippen LogP contribution in [0.4, 0.5) is 4.79 Å². The van der Waals surface area contributed by atoms with Gasteiger partial charge in [0.2, 0.25) is 0 Å². The van der Waals surface area contributed by atoms with E-state index in [1.807, 2.05) is 21.6 Å². The van der Waals surface area contributed by atoms with Crippen molar-refractivity contribution in [2.75, 3.05) is 18.9 Å². The van der Waals surface area contributed by atoms with Gasteiger partial charge in [0.05, 0.1) is 6.54 Å². The van der Waals surface area contributed by atoms with Crippen LogP contribution >= 0.6 is 21.6 Å². The van der Waals surface area contributed by atoms with E-state index < -0.39 is 6.03 Å². The Kier molecular flexibility index (Phi) is 8.08. The lowest BCUT2D eigenvalue weighted by molar-refractivity contribution is -0.143. The minimum absolute atomic E-state index is 0.191. The maximum atomic E-state index is 11.3. The fraction of sp³-hybridized carbons (Fsp3) is 0.818. The highest BCUT2D eigenvalue weighted by molar-refractivity contribution is 8.77. The molecule has 18 heavy (non-hydrogen) atoms. The number of hydrogen-bond donors (Lipinski definition) is 2. The van der Waals surface area contributed by atoms with E-state index in [1.165, 1.54) is 18.6 Å². The number of nitrogens with one attached hydrogen (secondary N) is 1. The Hall–Kier alpha value is -0.560. The van der Waals surface area contributed by atoms with Crippen molar-refractivity contribution in [1.29, 1.82) is 0 Å². The van der Waals surface area contributed by atoms with Crippen molar-refractivity contribution in [3.63, 3.8) is 0 Å². The molecule has 5 nitrogen and oxygen atoms in total. The van der Waals surface area contributed by atoms with E-state index in [-0.39, 0.29) is 19.1 Å². The molecular weight excluding hydrogens is 272 g/mol. The Bertz CT molecular complexity index is 271. The van der Waals surface area contributed by atoms with Gasteiger partial charge in [0.15, 0.2) is 0 Å². The molecular formula is C11H20N2O3S2. The third-order valence-electron chi connectivity index (χ3n) is 2.55. The predicted octanol–water partition coefficient (Wildman–Crippen LogP) is 1.91. The number of carbonyl (C=O) groups is 2. The van der Waals surface area contributed by atoms with E-state index in [2.05, 4.69) is 5.32 Å². The molecule has 0 aromatic rings. The molecule has 1 fully saturated rings. The second-order valence-corrected chi connectivity index (χ2v) is 6.87. The second kappa shape index (κ2) is 9.38. The van der Waals surface area contributed by atoms with E-state index in [0.717, 1.165) is 18.1 Å². The van der Waals surface area contributed by atoms with E-state index in [1.54, 1.807) is 0 Å². The molecule has 1 heterocycles. The van der Waals surface area contributed by atoms with Crippen LogP contribution in [-0.4, -0.2) is 36.2 Å². The summed E-state index contributed by atoms with van der Waals surface area (Å²) in [5.74, 6) is 1.05. The van der Waals surface area contributed by atoms with Crippen molar-refractivity contribution in [3.8, 4) is 0 Å². The Morgan fingerprint density at radius 1 is 1.39 bits per heavy atom. The summed E-state index contributed by atoms with van der Waals surface area (Å²) in [6, 6.07) is -0.599. The summed E-state index contributed by atoms with van der Waals surface area (Å²) >= 11 is 0. The monoisotopic (exact) mass is 292 g/mol. The van der Waals surface area contributed by atoms with Gasteiger partial charge in [-0.05, 0) is 19.3 Å². The van der Waals surface area contributed by atoms with E-state index in [9.17, 15) is 9.59 Å². The molecule has 2 amide bonds. The lowest BCUT2D eigenvalue weighted by Crippen LogP contribution is -2.32. The van der Waals surface area contributed by atoms with Crippen LogP contribution in [0.2, 0.25) is 0 Å². The summed E-state index contributed by atoms with van der Waals surface area (Å²) in [6.07, 6.45) is 4.89. The lowest BCUT2D eigenvalue weighted by atomic mass is 10.1. The maximum absolute atomic E-state index is 11.3. The number of amides is 2. The van der Waals surface area contributed by atoms with E-state index in [0.29, 0.717) is 6.42 Å². The molecule has 1 rings (SSSR count). The van der Waals surface area contributed by atoms with Gasteiger partial charge in [0, 0.05) is 17.4 Å². The van der Waals surface area contributed by atoms with Gasteiger partial charge in [-0.1, -0.05) is 28.0 Å². The molecule has 0 bridgehead atoms. The van der Waals surface area contributed by atoms with Crippen LogP contribution in [-0.2, 0) is 9.53 Å². The summed E-state index contributed by atoms with van der Waals surface area (Å²) in [5, 5.41) is 3.13. The standard InChI is InChI=1S/C11H20N2O3S2/c12-11(15)13-6-7-16-10(14)4-2-1-3-9-5-8-17-18-9/h9H,1-8H2,(H3,12,13,15)/t9-/m1/s1. The van der Waals surface area contributed by atoms with Gasteiger partial charge in [-0.3, -0.25) is 4.79 Å². The zero-order valence-electron chi connectivity index (χ0n) is 10.4. The first kappa shape index (κ1) is 15.5. The Morgan fingerprint density at radius 3 is 2.89 bits per heavy atom. The quantitative estimate of drug-likeness (QED) is 0.406. The van der Waals surface area contributed by atoms with Crippen LogP contribution in [0.15, 0.2) is 0 Å². The summed E-state index contributed by atoms with van der Waals surface area (Å²) in [6.45, 7) is 0.466.